The Morgan fingerprint density at radius 3 is 2.60 bits per heavy atom. The second-order valence-corrected chi connectivity index (χ2v) is 3.83. The van der Waals surface area contributed by atoms with Crippen LogP contribution in [-0.4, -0.2) is 4.99 Å². The molecule has 0 radical (unpaired) electrons. The first-order chi connectivity index (χ1) is 7.04. The molecule has 0 aliphatic carbocycles. The van der Waals surface area contributed by atoms with Crippen molar-refractivity contribution in [1.82, 2.24) is 0 Å². The normalized spacial score (nSPS) is 10.9. The Kier molecular flexibility index (Phi) is 3.59. The summed E-state index contributed by atoms with van der Waals surface area (Å²) in [6.45, 7) is 4.02. The van der Waals surface area contributed by atoms with Crippen molar-refractivity contribution >= 4 is 23.3 Å². The van der Waals surface area contributed by atoms with E-state index in [-0.39, 0.29) is 4.99 Å². The van der Waals surface area contributed by atoms with E-state index in [1.807, 2.05) is 32.0 Å². The van der Waals surface area contributed by atoms with Gasteiger partial charge in [-0.2, -0.15) is 5.26 Å². The van der Waals surface area contributed by atoms with Crippen molar-refractivity contribution in [3.8, 4) is 6.07 Å². The molecule has 0 unspecified atom stereocenters. The maximum atomic E-state index is 8.82. The molecule has 0 spiro atoms. The van der Waals surface area contributed by atoms with Crippen LogP contribution in [0, 0.1) is 25.2 Å². The summed E-state index contributed by atoms with van der Waals surface area (Å²) >= 11 is 4.77. The standard InChI is InChI=1S/C12H12N2S/c1-8-3-4-10(9(2)5-8)6-11(7-13)12(14)15/h3-6H,1-2H3,(H2,14,15)/b11-6+. The van der Waals surface area contributed by atoms with Crippen LogP contribution in [0.2, 0.25) is 0 Å². The summed E-state index contributed by atoms with van der Waals surface area (Å²) in [5.74, 6) is 0. The largest absolute Gasteiger partial charge is 0.389 e. The van der Waals surface area contributed by atoms with Crippen LogP contribution >= 0.6 is 12.2 Å². The molecule has 1 aromatic carbocycles. The van der Waals surface area contributed by atoms with Crippen LogP contribution in [0.25, 0.3) is 6.08 Å². The summed E-state index contributed by atoms with van der Waals surface area (Å²) in [4.78, 5) is 0.137. The van der Waals surface area contributed by atoms with Crippen molar-refractivity contribution in [3.63, 3.8) is 0 Å². The minimum atomic E-state index is 0.137. The van der Waals surface area contributed by atoms with E-state index in [1.165, 1.54) is 5.56 Å². The van der Waals surface area contributed by atoms with Crippen molar-refractivity contribution in [3.05, 3.63) is 40.5 Å². The summed E-state index contributed by atoms with van der Waals surface area (Å²) in [6.07, 6.45) is 1.72. The van der Waals surface area contributed by atoms with Crippen LogP contribution in [0.1, 0.15) is 16.7 Å². The summed E-state index contributed by atoms with van der Waals surface area (Å²) in [6, 6.07) is 7.99. The third-order valence-corrected chi connectivity index (χ3v) is 2.33. The Bertz CT molecular complexity index is 467. The molecule has 0 bridgehead atoms. The third kappa shape index (κ3) is 2.90. The van der Waals surface area contributed by atoms with Crippen LogP contribution in [0.5, 0.6) is 0 Å². The number of nitrogens with zero attached hydrogens (tertiary/aromatic N) is 1. The lowest BCUT2D eigenvalue weighted by atomic mass is 10.0. The van der Waals surface area contributed by atoms with Gasteiger partial charge in [0.2, 0.25) is 0 Å². The highest BCUT2D eigenvalue weighted by atomic mass is 32.1. The molecule has 0 fully saturated rings. The van der Waals surface area contributed by atoms with E-state index in [9.17, 15) is 0 Å². The highest BCUT2D eigenvalue weighted by molar-refractivity contribution is 7.80. The van der Waals surface area contributed by atoms with Gasteiger partial charge in [-0.25, -0.2) is 0 Å². The molecule has 2 nitrogen and oxygen atoms in total. The van der Waals surface area contributed by atoms with E-state index in [0.29, 0.717) is 5.57 Å². The minimum Gasteiger partial charge on any atom is -0.389 e. The van der Waals surface area contributed by atoms with Gasteiger partial charge in [-0.3, -0.25) is 0 Å². The number of benzene rings is 1. The summed E-state index contributed by atoms with van der Waals surface area (Å²) in [5.41, 5.74) is 9.04. The van der Waals surface area contributed by atoms with Crippen LogP contribution in [0.4, 0.5) is 0 Å². The molecule has 3 heteroatoms. The van der Waals surface area contributed by atoms with Gasteiger partial charge in [0.15, 0.2) is 0 Å². The lowest BCUT2D eigenvalue weighted by molar-refractivity contribution is 1.37. The van der Waals surface area contributed by atoms with E-state index in [4.69, 9.17) is 23.2 Å². The van der Waals surface area contributed by atoms with Gasteiger partial charge in [-0.1, -0.05) is 36.0 Å². The SMILES string of the molecule is Cc1ccc(/C=C(\C#N)C(N)=S)c(C)c1. The van der Waals surface area contributed by atoms with Gasteiger partial charge in [-0.05, 0) is 31.1 Å². The first-order valence-electron chi connectivity index (χ1n) is 4.53. The fourth-order valence-corrected chi connectivity index (χ4v) is 1.41. The molecule has 15 heavy (non-hydrogen) atoms. The van der Waals surface area contributed by atoms with E-state index in [1.54, 1.807) is 6.08 Å². The molecule has 1 rings (SSSR count). The molecular formula is C12H12N2S. The van der Waals surface area contributed by atoms with Crippen LogP contribution < -0.4 is 5.73 Å². The van der Waals surface area contributed by atoms with Gasteiger partial charge in [0.1, 0.15) is 11.1 Å². The van der Waals surface area contributed by atoms with E-state index in [0.717, 1.165) is 11.1 Å². The summed E-state index contributed by atoms with van der Waals surface area (Å²) in [7, 11) is 0. The summed E-state index contributed by atoms with van der Waals surface area (Å²) in [5, 5.41) is 8.82. The van der Waals surface area contributed by atoms with Crippen LogP contribution in [0.15, 0.2) is 23.8 Å². The first-order valence-corrected chi connectivity index (χ1v) is 4.94. The molecule has 0 aliphatic heterocycles. The number of thiocarbonyl (C=S) groups is 1. The molecular weight excluding hydrogens is 204 g/mol. The predicted octanol–water partition coefficient (Wildman–Crippen LogP) is 2.50. The highest BCUT2D eigenvalue weighted by Crippen LogP contribution is 2.14. The smallest absolute Gasteiger partial charge is 0.114 e. The van der Waals surface area contributed by atoms with E-state index in [2.05, 4.69) is 6.07 Å². The van der Waals surface area contributed by atoms with Gasteiger partial charge in [0, 0.05) is 0 Å². The molecule has 76 valence electrons. The van der Waals surface area contributed by atoms with E-state index < -0.39 is 0 Å². The van der Waals surface area contributed by atoms with Crippen molar-refractivity contribution in [2.24, 2.45) is 5.73 Å². The first kappa shape index (κ1) is 11.4. The zero-order chi connectivity index (χ0) is 11.4. The number of hydrogen-bond donors (Lipinski definition) is 1. The Balaban J connectivity index is 3.19. The molecule has 0 saturated heterocycles. The van der Waals surface area contributed by atoms with Crippen molar-refractivity contribution in [1.29, 1.82) is 5.26 Å². The third-order valence-electron chi connectivity index (χ3n) is 2.11. The molecule has 0 amide bonds. The van der Waals surface area contributed by atoms with Gasteiger partial charge < -0.3 is 5.73 Å². The second-order valence-electron chi connectivity index (χ2n) is 3.39. The Morgan fingerprint density at radius 1 is 1.47 bits per heavy atom. The average Bonchev–Trinajstić information content (AvgIpc) is 2.16. The monoisotopic (exact) mass is 216 g/mol. The Hall–Kier alpha value is -1.66. The highest BCUT2D eigenvalue weighted by Gasteiger charge is 2.01. The number of aryl methyl sites for hydroxylation is 2. The van der Waals surface area contributed by atoms with Crippen molar-refractivity contribution in [2.75, 3.05) is 0 Å². The van der Waals surface area contributed by atoms with E-state index >= 15 is 0 Å². The Labute approximate surface area is 95.0 Å². The molecule has 0 aliphatic rings. The fourth-order valence-electron chi connectivity index (χ4n) is 1.30. The number of nitrogens with two attached hydrogens (primary N) is 1. The van der Waals surface area contributed by atoms with Gasteiger partial charge >= 0.3 is 0 Å². The molecule has 1 aromatic rings. The zero-order valence-electron chi connectivity index (χ0n) is 8.74. The Morgan fingerprint density at radius 2 is 2.13 bits per heavy atom. The molecule has 0 atom stereocenters. The van der Waals surface area contributed by atoms with Crippen LogP contribution in [0.3, 0.4) is 0 Å². The quantitative estimate of drug-likeness (QED) is 0.469. The molecule has 0 saturated carbocycles. The zero-order valence-corrected chi connectivity index (χ0v) is 9.56. The number of hydrogen-bond acceptors (Lipinski definition) is 2. The number of rotatable bonds is 2. The summed E-state index contributed by atoms with van der Waals surface area (Å²) < 4.78 is 0. The van der Waals surface area contributed by atoms with Gasteiger partial charge in [0.25, 0.3) is 0 Å². The maximum Gasteiger partial charge on any atom is 0.114 e. The molecule has 0 aromatic heterocycles. The fraction of sp³-hybridized carbons (Fsp3) is 0.167. The van der Waals surface area contributed by atoms with Gasteiger partial charge in [0.05, 0.1) is 5.57 Å². The molecule has 2 N–H and O–H groups in total. The minimum absolute atomic E-state index is 0.137. The van der Waals surface area contributed by atoms with Crippen molar-refractivity contribution < 1.29 is 0 Å². The second kappa shape index (κ2) is 4.72. The lowest BCUT2D eigenvalue weighted by Crippen LogP contribution is -2.09. The van der Waals surface area contributed by atoms with Gasteiger partial charge in [-0.15, -0.1) is 0 Å². The van der Waals surface area contributed by atoms with Crippen LogP contribution in [-0.2, 0) is 0 Å². The topological polar surface area (TPSA) is 49.8 Å². The van der Waals surface area contributed by atoms with Crippen molar-refractivity contribution in [2.45, 2.75) is 13.8 Å². The lowest BCUT2D eigenvalue weighted by Gasteiger charge is -2.02. The average molecular weight is 216 g/mol. The number of nitriles is 1. The molecule has 0 heterocycles. The maximum absolute atomic E-state index is 8.82. The predicted molar refractivity (Wildman–Crippen MR) is 66.3 cm³/mol.